The molecule has 0 fully saturated rings. The first-order valence-corrected chi connectivity index (χ1v) is 7.52. The van der Waals surface area contributed by atoms with Gasteiger partial charge in [-0.3, -0.25) is 0 Å². The van der Waals surface area contributed by atoms with Crippen LogP contribution in [0, 0.1) is 0 Å². The van der Waals surface area contributed by atoms with Crippen LogP contribution in [0.2, 0.25) is 5.02 Å². The highest BCUT2D eigenvalue weighted by Crippen LogP contribution is 2.20. The molecule has 1 N–H and O–H groups in total. The van der Waals surface area contributed by atoms with Gasteiger partial charge in [0.15, 0.2) is 0 Å². The van der Waals surface area contributed by atoms with Crippen molar-refractivity contribution in [3.63, 3.8) is 0 Å². The third-order valence-electron chi connectivity index (χ3n) is 3.66. The van der Waals surface area contributed by atoms with Gasteiger partial charge in [0.05, 0.1) is 0 Å². The van der Waals surface area contributed by atoms with E-state index >= 15 is 0 Å². The van der Waals surface area contributed by atoms with Gasteiger partial charge in [0.1, 0.15) is 0 Å². The molecule has 0 saturated heterocycles. The average molecular weight is 288 g/mol. The fourth-order valence-corrected chi connectivity index (χ4v) is 2.39. The van der Waals surface area contributed by atoms with Gasteiger partial charge in [0, 0.05) is 17.6 Å². The lowest BCUT2D eigenvalue weighted by Gasteiger charge is -2.16. The molecule has 2 aromatic carbocycles. The minimum atomic E-state index is 0.312. The average Bonchev–Trinajstić information content (AvgIpc) is 2.46. The summed E-state index contributed by atoms with van der Waals surface area (Å²) >= 11 is 6.17. The number of nitrogens with one attached hydrogen (secondary N) is 1. The monoisotopic (exact) mass is 287 g/mol. The van der Waals surface area contributed by atoms with Crippen LogP contribution in [0.1, 0.15) is 49.4 Å². The third-order valence-corrected chi connectivity index (χ3v) is 4.03. The molecule has 0 amide bonds. The summed E-state index contributed by atoms with van der Waals surface area (Å²) in [5.74, 6) is 0.579. The van der Waals surface area contributed by atoms with Crippen molar-refractivity contribution in [1.29, 1.82) is 0 Å². The molecule has 0 spiro atoms. The van der Waals surface area contributed by atoms with Crippen molar-refractivity contribution in [1.82, 2.24) is 5.32 Å². The van der Waals surface area contributed by atoms with Crippen molar-refractivity contribution >= 4 is 11.6 Å². The molecule has 0 aliphatic heterocycles. The molecular formula is C18H22ClN. The van der Waals surface area contributed by atoms with E-state index in [-0.39, 0.29) is 0 Å². The smallest absolute Gasteiger partial charge is 0.0450 e. The summed E-state index contributed by atoms with van der Waals surface area (Å²) in [4.78, 5) is 0. The Morgan fingerprint density at radius 3 is 2.10 bits per heavy atom. The number of hydrogen-bond acceptors (Lipinski definition) is 1. The van der Waals surface area contributed by atoms with E-state index in [2.05, 4.69) is 56.4 Å². The molecular weight excluding hydrogens is 266 g/mol. The van der Waals surface area contributed by atoms with Crippen LogP contribution in [-0.4, -0.2) is 0 Å². The molecule has 0 bridgehead atoms. The second kappa shape index (κ2) is 6.92. The Morgan fingerprint density at radius 1 is 0.900 bits per heavy atom. The van der Waals surface area contributed by atoms with Crippen LogP contribution in [0.15, 0.2) is 48.5 Å². The zero-order chi connectivity index (χ0) is 14.5. The number of halogens is 1. The number of benzene rings is 2. The van der Waals surface area contributed by atoms with Gasteiger partial charge in [-0.1, -0.05) is 67.9 Å². The van der Waals surface area contributed by atoms with Crippen molar-refractivity contribution in [2.75, 3.05) is 0 Å². The van der Waals surface area contributed by atoms with Gasteiger partial charge in [0.25, 0.3) is 0 Å². The predicted molar refractivity (Wildman–Crippen MR) is 87.2 cm³/mol. The topological polar surface area (TPSA) is 12.0 Å². The standard InChI is InChI=1S/C18H22ClN/c1-13(2)15-8-10-16(11-9-15)14(3)20-12-17-6-4-5-7-18(17)19/h4-11,13-14,20H,12H2,1-3H3. The van der Waals surface area contributed by atoms with E-state index < -0.39 is 0 Å². The molecule has 106 valence electrons. The van der Waals surface area contributed by atoms with Crippen LogP contribution in [0.5, 0.6) is 0 Å². The van der Waals surface area contributed by atoms with E-state index in [4.69, 9.17) is 11.6 Å². The Bertz CT molecular complexity index is 546. The van der Waals surface area contributed by atoms with Crippen LogP contribution in [0.25, 0.3) is 0 Å². The molecule has 0 aliphatic carbocycles. The third kappa shape index (κ3) is 3.84. The minimum Gasteiger partial charge on any atom is -0.306 e. The highest BCUT2D eigenvalue weighted by Gasteiger charge is 2.07. The Morgan fingerprint density at radius 2 is 1.50 bits per heavy atom. The summed E-state index contributed by atoms with van der Waals surface area (Å²) in [6, 6.07) is 17.1. The summed E-state index contributed by atoms with van der Waals surface area (Å²) in [7, 11) is 0. The van der Waals surface area contributed by atoms with Crippen LogP contribution < -0.4 is 5.32 Å². The van der Waals surface area contributed by atoms with Crippen molar-refractivity contribution in [3.05, 3.63) is 70.2 Å². The quantitative estimate of drug-likeness (QED) is 0.785. The Kier molecular flexibility index (Phi) is 5.22. The van der Waals surface area contributed by atoms with E-state index in [0.29, 0.717) is 12.0 Å². The van der Waals surface area contributed by atoms with E-state index in [9.17, 15) is 0 Å². The lowest BCUT2D eigenvalue weighted by molar-refractivity contribution is 0.574. The van der Waals surface area contributed by atoms with Crippen molar-refractivity contribution in [2.24, 2.45) is 0 Å². The van der Waals surface area contributed by atoms with Gasteiger partial charge in [-0.05, 0) is 35.6 Å². The van der Waals surface area contributed by atoms with Gasteiger partial charge >= 0.3 is 0 Å². The highest BCUT2D eigenvalue weighted by atomic mass is 35.5. The van der Waals surface area contributed by atoms with Gasteiger partial charge in [-0.25, -0.2) is 0 Å². The molecule has 2 rings (SSSR count). The molecule has 1 unspecified atom stereocenters. The SMILES string of the molecule is CC(C)c1ccc(C(C)NCc2ccccc2Cl)cc1. The summed E-state index contributed by atoms with van der Waals surface area (Å²) in [6.45, 7) is 7.40. The van der Waals surface area contributed by atoms with Gasteiger partial charge in [0.2, 0.25) is 0 Å². The minimum absolute atomic E-state index is 0.312. The molecule has 0 saturated carbocycles. The zero-order valence-corrected chi connectivity index (χ0v) is 13.1. The zero-order valence-electron chi connectivity index (χ0n) is 12.4. The highest BCUT2D eigenvalue weighted by molar-refractivity contribution is 6.31. The van der Waals surface area contributed by atoms with E-state index in [1.165, 1.54) is 11.1 Å². The largest absolute Gasteiger partial charge is 0.306 e. The van der Waals surface area contributed by atoms with Crippen LogP contribution in [-0.2, 0) is 6.54 Å². The molecule has 20 heavy (non-hydrogen) atoms. The number of rotatable bonds is 5. The maximum atomic E-state index is 6.17. The summed E-state index contributed by atoms with van der Waals surface area (Å²) in [5.41, 5.74) is 3.83. The molecule has 2 aromatic rings. The van der Waals surface area contributed by atoms with Crippen molar-refractivity contribution < 1.29 is 0 Å². The Labute approximate surface area is 127 Å². The molecule has 1 atom stereocenters. The predicted octanol–water partition coefficient (Wildman–Crippen LogP) is 5.31. The van der Waals surface area contributed by atoms with Crippen molar-refractivity contribution in [2.45, 2.75) is 39.3 Å². The van der Waals surface area contributed by atoms with Gasteiger partial charge < -0.3 is 5.32 Å². The summed E-state index contributed by atoms with van der Waals surface area (Å²) in [6.07, 6.45) is 0. The second-order valence-corrected chi connectivity index (χ2v) is 5.92. The Hall–Kier alpha value is -1.31. The van der Waals surface area contributed by atoms with Crippen LogP contribution >= 0.6 is 11.6 Å². The van der Waals surface area contributed by atoms with Crippen LogP contribution in [0.3, 0.4) is 0 Å². The van der Waals surface area contributed by atoms with Crippen LogP contribution in [0.4, 0.5) is 0 Å². The summed E-state index contributed by atoms with van der Waals surface area (Å²) < 4.78 is 0. The molecule has 0 aromatic heterocycles. The maximum Gasteiger partial charge on any atom is 0.0450 e. The maximum absolute atomic E-state index is 6.17. The second-order valence-electron chi connectivity index (χ2n) is 5.52. The first-order chi connectivity index (χ1) is 9.58. The number of hydrogen-bond donors (Lipinski definition) is 1. The van der Waals surface area contributed by atoms with Gasteiger partial charge in [-0.2, -0.15) is 0 Å². The van der Waals surface area contributed by atoms with Crippen molar-refractivity contribution in [3.8, 4) is 0 Å². The molecule has 0 radical (unpaired) electrons. The van der Waals surface area contributed by atoms with Gasteiger partial charge in [-0.15, -0.1) is 0 Å². The molecule has 1 nitrogen and oxygen atoms in total. The first kappa shape index (κ1) is 15.1. The summed E-state index contributed by atoms with van der Waals surface area (Å²) in [5, 5.41) is 4.34. The lowest BCUT2D eigenvalue weighted by Crippen LogP contribution is -2.18. The fraction of sp³-hybridized carbons (Fsp3) is 0.333. The normalized spacial score (nSPS) is 12.7. The first-order valence-electron chi connectivity index (χ1n) is 7.14. The lowest BCUT2D eigenvalue weighted by atomic mass is 9.99. The van der Waals surface area contributed by atoms with E-state index in [0.717, 1.165) is 17.1 Å². The van der Waals surface area contributed by atoms with E-state index in [1.807, 2.05) is 18.2 Å². The molecule has 0 aliphatic rings. The van der Waals surface area contributed by atoms with E-state index in [1.54, 1.807) is 0 Å². The molecule has 2 heteroatoms. The molecule has 0 heterocycles. The Balaban J connectivity index is 1.98. The fourth-order valence-electron chi connectivity index (χ4n) is 2.19.